The van der Waals surface area contributed by atoms with Gasteiger partial charge in [0.05, 0.1) is 6.61 Å². The molecule has 0 aromatic heterocycles. The van der Waals surface area contributed by atoms with E-state index >= 15 is 0 Å². The van der Waals surface area contributed by atoms with Crippen LogP contribution >= 0.6 is 12.4 Å². The monoisotopic (exact) mass is 217 g/mol. The lowest BCUT2D eigenvalue weighted by Crippen LogP contribution is -2.28. The molecule has 0 spiro atoms. The first kappa shape index (κ1) is 14.4. The minimum atomic E-state index is -4.11. The predicted octanol–water partition coefficient (Wildman–Crippen LogP) is 0.303. The Morgan fingerprint density at radius 2 is 2.17 bits per heavy atom. The molecular weight excluding hydrogens is 206 g/mol. The third-order valence-corrected chi connectivity index (χ3v) is 1.80. The highest BCUT2D eigenvalue weighted by molar-refractivity contribution is 7.83. The number of hydrogen-bond donors (Lipinski definition) is 1. The summed E-state index contributed by atoms with van der Waals surface area (Å²) in [4.78, 5) is 0. The standard InChI is InChI=1S/C5H11NO4S.ClH/c1-3-4-10-5-6(2)11(7,8)9;/h3H,1,4-5H2,2H3,(H,7,8,9);1H. The molecule has 0 bridgehead atoms. The minimum Gasteiger partial charge on any atom is -0.361 e. The summed E-state index contributed by atoms with van der Waals surface area (Å²) >= 11 is 0. The maximum Gasteiger partial charge on any atom is 0.337 e. The zero-order valence-electron chi connectivity index (χ0n) is 6.63. The van der Waals surface area contributed by atoms with Crippen LogP contribution in [0.5, 0.6) is 0 Å². The average molecular weight is 218 g/mol. The Labute approximate surface area is 78.3 Å². The van der Waals surface area contributed by atoms with E-state index < -0.39 is 10.3 Å². The van der Waals surface area contributed by atoms with Crippen LogP contribution in [0.4, 0.5) is 0 Å². The van der Waals surface area contributed by atoms with Gasteiger partial charge in [0.1, 0.15) is 6.73 Å². The Morgan fingerprint density at radius 1 is 1.67 bits per heavy atom. The summed E-state index contributed by atoms with van der Waals surface area (Å²) in [6.45, 7) is 3.44. The number of nitrogens with zero attached hydrogens (tertiary/aromatic N) is 1. The van der Waals surface area contributed by atoms with E-state index in [2.05, 4.69) is 6.58 Å². The van der Waals surface area contributed by atoms with E-state index in [0.29, 0.717) is 4.31 Å². The zero-order valence-corrected chi connectivity index (χ0v) is 8.27. The summed E-state index contributed by atoms with van der Waals surface area (Å²) in [5.41, 5.74) is 0. The summed E-state index contributed by atoms with van der Waals surface area (Å²) in [7, 11) is -2.90. The predicted molar refractivity (Wildman–Crippen MR) is 47.6 cm³/mol. The smallest absolute Gasteiger partial charge is 0.337 e. The van der Waals surface area contributed by atoms with Crippen molar-refractivity contribution in [3.8, 4) is 0 Å². The number of ether oxygens (including phenoxy) is 1. The van der Waals surface area contributed by atoms with Crippen LogP contribution in [-0.4, -0.2) is 37.7 Å². The molecule has 1 N–H and O–H groups in total. The third kappa shape index (κ3) is 6.56. The SMILES string of the molecule is C=CCOCN(C)S(=O)(=O)O.Cl. The molecule has 0 atom stereocenters. The molecule has 0 aliphatic rings. The molecular formula is C5H12ClNO4S. The van der Waals surface area contributed by atoms with Gasteiger partial charge in [-0.05, 0) is 0 Å². The van der Waals surface area contributed by atoms with E-state index in [1.54, 1.807) is 0 Å². The fourth-order valence-corrected chi connectivity index (χ4v) is 0.539. The molecule has 0 fully saturated rings. The minimum absolute atomic E-state index is 0. The van der Waals surface area contributed by atoms with E-state index in [-0.39, 0.29) is 25.7 Å². The molecule has 0 rings (SSSR count). The van der Waals surface area contributed by atoms with Crippen LogP contribution in [0.2, 0.25) is 0 Å². The fourth-order valence-electron chi connectivity index (χ4n) is 0.331. The van der Waals surface area contributed by atoms with Crippen molar-refractivity contribution < 1.29 is 17.7 Å². The van der Waals surface area contributed by atoms with Crippen LogP contribution in [0, 0.1) is 0 Å². The van der Waals surface area contributed by atoms with Gasteiger partial charge < -0.3 is 4.74 Å². The maximum atomic E-state index is 10.3. The van der Waals surface area contributed by atoms with Crippen LogP contribution in [0.15, 0.2) is 12.7 Å². The molecule has 7 heteroatoms. The molecule has 5 nitrogen and oxygen atoms in total. The van der Waals surface area contributed by atoms with Gasteiger partial charge in [-0.3, -0.25) is 4.55 Å². The molecule has 0 radical (unpaired) electrons. The molecule has 0 aromatic carbocycles. The van der Waals surface area contributed by atoms with Gasteiger partial charge in [0, 0.05) is 7.05 Å². The van der Waals surface area contributed by atoms with E-state index in [4.69, 9.17) is 9.29 Å². The molecule has 0 unspecified atom stereocenters. The topological polar surface area (TPSA) is 66.8 Å². The quantitative estimate of drug-likeness (QED) is 0.311. The Morgan fingerprint density at radius 3 is 2.50 bits per heavy atom. The van der Waals surface area contributed by atoms with Gasteiger partial charge in [0.15, 0.2) is 0 Å². The van der Waals surface area contributed by atoms with Gasteiger partial charge in [0.2, 0.25) is 0 Å². The average Bonchev–Trinajstić information content (AvgIpc) is 1.86. The van der Waals surface area contributed by atoms with Crippen molar-refractivity contribution in [2.24, 2.45) is 0 Å². The van der Waals surface area contributed by atoms with Crippen molar-refractivity contribution in [2.75, 3.05) is 20.4 Å². The number of hydrogen-bond acceptors (Lipinski definition) is 3. The van der Waals surface area contributed by atoms with Crippen LogP contribution in [-0.2, 0) is 15.0 Å². The van der Waals surface area contributed by atoms with E-state index in [1.807, 2.05) is 0 Å². The van der Waals surface area contributed by atoms with Crippen molar-refractivity contribution in [3.63, 3.8) is 0 Å². The largest absolute Gasteiger partial charge is 0.361 e. The molecule has 0 aliphatic carbocycles. The fraction of sp³-hybridized carbons (Fsp3) is 0.600. The van der Waals surface area contributed by atoms with Gasteiger partial charge in [-0.2, -0.15) is 12.7 Å². The first-order valence-electron chi connectivity index (χ1n) is 2.86. The van der Waals surface area contributed by atoms with Gasteiger partial charge in [-0.25, -0.2) is 0 Å². The normalized spacial score (nSPS) is 10.9. The second-order valence-electron chi connectivity index (χ2n) is 1.86. The zero-order chi connectivity index (χ0) is 8.91. The van der Waals surface area contributed by atoms with Crippen LogP contribution in [0.25, 0.3) is 0 Å². The molecule has 0 saturated carbocycles. The van der Waals surface area contributed by atoms with Crippen LogP contribution in [0.3, 0.4) is 0 Å². The second kappa shape index (κ2) is 6.38. The maximum absolute atomic E-state index is 10.3. The molecule has 0 heterocycles. The van der Waals surface area contributed by atoms with Crippen LogP contribution < -0.4 is 0 Å². The molecule has 0 amide bonds. The molecule has 0 saturated heterocycles. The summed E-state index contributed by atoms with van der Waals surface area (Å²) < 4.78 is 34.4. The van der Waals surface area contributed by atoms with Crippen molar-refractivity contribution in [2.45, 2.75) is 0 Å². The van der Waals surface area contributed by atoms with E-state index in [1.165, 1.54) is 13.1 Å². The molecule has 74 valence electrons. The second-order valence-corrected chi connectivity index (χ2v) is 3.38. The lowest BCUT2D eigenvalue weighted by molar-refractivity contribution is 0.0980. The van der Waals surface area contributed by atoms with Crippen molar-refractivity contribution in [1.29, 1.82) is 0 Å². The summed E-state index contributed by atoms with van der Waals surface area (Å²) in [6.07, 6.45) is 1.48. The summed E-state index contributed by atoms with van der Waals surface area (Å²) in [5, 5.41) is 0. The lowest BCUT2D eigenvalue weighted by Gasteiger charge is -2.11. The van der Waals surface area contributed by atoms with Crippen molar-refractivity contribution >= 4 is 22.7 Å². The first-order valence-corrected chi connectivity index (χ1v) is 4.25. The highest BCUT2D eigenvalue weighted by Gasteiger charge is 2.11. The molecule has 12 heavy (non-hydrogen) atoms. The first-order chi connectivity index (χ1) is 4.98. The van der Waals surface area contributed by atoms with Gasteiger partial charge >= 0.3 is 10.3 Å². The highest BCUT2D eigenvalue weighted by atomic mass is 35.5. The summed E-state index contributed by atoms with van der Waals surface area (Å²) in [6, 6.07) is 0. The molecule has 0 aromatic rings. The van der Waals surface area contributed by atoms with E-state index in [9.17, 15) is 8.42 Å². The number of rotatable bonds is 5. The van der Waals surface area contributed by atoms with Gasteiger partial charge in [0.25, 0.3) is 0 Å². The number of halogens is 1. The summed E-state index contributed by atoms with van der Waals surface area (Å²) in [5.74, 6) is 0. The Hall–Kier alpha value is -0.140. The highest BCUT2D eigenvalue weighted by Crippen LogP contribution is 1.91. The molecule has 0 aliphatic heterocycles. The Kier molecular flexibility index (Phi) is 7.65. The lowest BCUT2D eigenvalue weighted by atomic mass is 10.7. The van der Waals surface area contributed by atoms with Gasteiger partial charge in [-0.15, -0.1) is 19.0 Å². The van der Waals surface area contributed by atoms with E-state index in [0.717, 1.165) is 0 Å². The third-order valence-electron chi connectivity index (χ3n) is 0.903. The van der Waals surface area contributed by atoms with Crippen molar-refractivity contribution in [3.05, 3.63) is 12.7 Å². The van der Waals surface area contributed by atoms with Crippen LogP contribution in [0.1, 0.15) is 0 Å². The Balaban J connectivity index is 0. The van der Waals surface area contributed by atoms with Crippen molar-refractivity contribution in [1.82, 2.24) is 4.31 Å². The Bertz CT molecular complexity index is 215. The van der Waals surface area contributed by atoms with Gasteiger partial charge in [-0.1, -0.05) is 6.08 Å².